The molecule has 0 bridgehead atoms. The highest BCUT2D eigenvalue weighted by Gasteiger charge is 2.13. The van der Waals surface area contributed by atoms with Crippen LogP contribution in [0.2, 0.25) is 0 Å². The number of rotatable bonds is 4. The Bertz CT molecular complexity index is 400. The summed E-state index contributed by atoms with van der Waals surface area (Å²) in [6.07, 6.45) is 0.470. The lowest BCUT2D eigenvalue weighted by Gasteiger charge is -2.27. The smallest absolute Gasteiger partial charge is 0.0702 e. The summed E-state index contributed by atoms with van der Waals surface area (Å²) in [5.74, 6) is 0. The largest absolute Gasteiger partial charge is 0.392 e. The predicted octanol–water partition coefficient (Wildman–Crippen LogP) is 2.68. The van der Waals surface area contributed by atoms with Gasteiger partial charge in [-0.15, -0.1) is 0 Å². The molecule has 4 heteroatoms. The van der Waals surface area contributed by atoms with Crippen LogP contribution in [0.4, 0.5) is 5.69 Å². The predicted molar refractivity (Wildman–Crippen MR) is 68.2 cm³/mol. The van der Waals surface area contributed by atoms with E-state index in [-0.39, 0.29) is 12.6 Å². The fraction of sp³-hybridized carbons (Fsp3) is 0.417. The van der Waals surface area contributed by atoms with Crippen LogP contribution in [0.1, 0.15) is 18.9 Å². The summed E-state index contributed by atoms with van der Waals surface area (Å²) in [6.45, 7) is 1.99. The first-order valence-electron chi connectivity index (χ1n) is 5.09. The van der Waals surface area contributed by atoms with E-state index in [4.69, 9.17) is 5.26 Å². The van der Waals surface area contributed by atoms with Gasteiger partial charge in [-0.3, -0.25) is 0 Å². The minimum absolute atomic E-state index is 0.00160. The molecule has 0 radical (unpaired) electrons. The summed E-state index contributed by atoms with van der Waals surface area (Å²) in [5, 5.41) is 18.0. The zero-order chi connectivity index (χ0) is 12.1. The van der Waals surface area contributed by atoms with Crippen molar-refractivity contribution in [2.75, 3.05) is 11.9 Å². The van der Waals surface area contributed by atoms with Gasteiger partial charge in [0.05, 0.1) is 19.1 Å². The van der Waals surface area contributed by atoms with E-state index in [1.54, 1.807) is 0 Å². The number of nitriles is 1. The number of benzene rings is 1. The number of hydrogen-bond donors (Lipinski definition) is 1. The van der Waals surface area contributed by atoms with Crippen LogP contribution < -0.4 is 4.90 Å². The second-order valence-corrected chi connectivity index (χ2v) is 4.67. The first-order chi connectivity index (χ1) is 7.60. The lowest BCUT2D eigenvalue weighted by atomic mass is 10.1. The number of aliphatic hydroxyl groups excluding tert-OH is 1. The van der Waals surface area contributed by atoms with E-state index in [1.165, 1.54) is 0 Å². The number of anilines is 1. The minimum atomic E-state index is -0.00160. The molecule has 0 fully saturated rings. The molecule has 0 aliphatic carbocycles. The van der Waals surface area contributed by atoms with Crippen molar-refractivity contribution in [3.63, 3.8) is 0 Å². The number of halogens is 1. The first-order valence-corrected chi connectivity index (χ1v) is 5.88. The van der Waals surface area contributed by atoms with Crippen molar-refractivity contribution in [1.29, 1.82) is 5.26 Å². The summed E-state index contributed by atoms with van der Waals surface area (Å²) < 4.78 is 0.946. The Morgan fingerprint density at radius 2 is 2.25 bits per heavy atom. The molecule has 1 aromatic rings. The fourth-order valence-corrected chi connectivity index (χ4v) is 1.94. The van der Waals surface area contributed by atoms with Crippen LogP contribution in [-0.2, 0) is 6.61 Å². The quantitative estimate of drug-likeness (QED) is 0.924. The van der Waals surface area contributed by atoms with Crippen molar-refractivity contribution in [1.82, 2.24) is 0 Å². The Balaban J connectivity index is 2.99. The van der Waals surface area contributed by atoms with Crippen molar-refractivity contribution in [3.8, 4) is 6.07 Å². The Hall–Kier alpha value is -1.05. The summed E-state index contributed by atoms with van der Waals surface area (Å²) in [5.41, 5.74) is 1.83. The van der Waals surface area contributed by atoms with Crippen LogP contribution in [0.3, 0.4) is 0 Å². The molecule has 0 amide bonds. The molecule has 1 atom stereocenters. The summed E-state index contributed by atoms with van der Waals surface area (Å²) in [6, 6.07) is 8.07. The molecule has 3 nitrogen and oxygen atoms in total. The van der Waals surface area contributed by atoms with Crippen molar-refractivity contribution < 1.29 is 5.11 Å². The highest BCUT2D eigenvalue weighted by atomic mass is 79.9. The fourth-order valence-electron chi connectivity index (χ4n) is 1.53. The Morgan fingerprint density at radius 1 is 1.56 bits per heavy atom. The molecule has 0 saturated carbocycles. The number of aliphatic hydroxyl groups is 1. The average molecular weight is 283 g/mol. The van der Waals surface area contributed by atoms with Gasteiger partial charge >= 0.3 is 0 Å². The standard InChI is InChI=1S/C12H15BrN2O/c1-9(5-6-14)15(2)12-4-3-11(13)7-10(12)8-16/h3-4,7,9,16H,5,8H2,1-2H3. The van der Waals surface area contributed by atoms with Crippen molar-refractivity contribution >= 4 is 21.6 Å². The van der Waals surface area contributed by atoms with Crippen molar-refractivity contribution in [3.05, 3.63) is 28.2 Å². The average Bonchev–Trinajstić information content (AvgIpc) is 2.28. The third-order valence-electron chi connectivity index (χ3n) is 2.64. The zero-order valence-electron chi connectivity index (χ0n) is 9.44. The molecule has 16 heavy (non-hydrogen) atoms. The van der Waals surface area contributed by atoms with Crippen molar-refractivity contribution in [2.24, 2.45) is 0 Å². The molecule has 0 aliphatic rings. The van der Waals surface area contributed by atoms with E-state index in [0.717, 1.165) is 15.7 Å². The molecular formula is C12H15BrN2O. The Morgan fingerprint density at radius 3 is 2.81 bits per heavy atom. The molecule has 1 rings (SSSR count). The van der Waals surface area contributed by atoms with E-state index in [2.05, 4.69) is 22.0 Å². The lowest BCUT2D eigenvalue weighted by molar-refractivity contribution is 0.282. The molecule has 86 valence electrons. The van der Waals surface area contributed by atoms with Gasteiger partial charge in [-0.2, -0.15) is 5.26 Å². The first kappa shape index (κ1) is 13.0. The third kappa shape index (κ3) is 2.97. The molecule has 1 unspecified atom stereocenters. The maximum absolute atomic E-state index is 9.29. The molecule has 1 N–H and O–H groups in total. The minimum Gasteiger partial charge on any atom is -0.392 e. The van der Waals surface area contributed by atoms with Crippen LogP contribution in [0.25, 0.3) is 0 Å². The van der Waals surface area contributed by atoms with Crippen LogP contribution in [-0.4, -0.2) is 18.2 Å². The maximum atomic E-state index is 9.29. The van der Waals surface area contributed by atoms with Crippen LogP contribution in [0, 0.1) is 11.3 Å². The van der Waals surface area contributed by atoms with Gasteiger partial charge < -0.3 is 10.0 Å². The summed E-state index contributed by atoms with van der Waals surface area (Å²) >= 11 is 3.37. The summed E-state index contributed by atoms with van der Waals surface area (Å²) in [7, 11) is 1.93. The van der Waals surface area contributed by atoms with Gasteiger partial charge in [0.1, 0.15) is 0 Å². The Labute approximate surface area is 104 Å². The second-order valence-electron chi connectivity index (χ2n) is 3.75. The molecular weight excluding hydrogens is 268 g/mol. The highest BCUT2D eigenvalue weighted by molar-refractivity contribution is 9.10. The second kappa shape index (κ2) is 5.88. The van der Waals surface area contributed by atoms with Crippen molar-refractivity contribution in [2.45, 2.75) is 26.0 Å². The van der Waals surface area contributed by atoms with Gasteiger partial charge in [0.25, 0.3) is 0 Å². The maximum Gasteiger partial charge on any atom is 0.0702 e. The van der Waals surface area contributed by atoms with Gasteiger partial charge in [0.2, 0.25) is 0 Å². The van der Waals surface area contributed by atoms with E-state index in [0.29, 0.717) is 6.42 Å². The molecule has 0 heterocycles. The van der Waals surface area contributed by atoms with E-state index in [1.807, 2.05) is 37.1 Å². The summed E-state index contributed by atoms with van der Waals surface area (Å²) in [4.78, 5) is 2.02. The van der Waals surface area contributed by atoms with Crippen LogP contribution in [0.5, 0.6) is 0 Å². The van der Waals surface area contributed by atoms with Crippen LogP contribution in [0.15, 0.2) is 22.7 Å². The van der Waals surface area contributed by atoms with Gasteiger partial charge in [-0.05, 0) is 25.1 Å². The topological polar surface area (TPSA) is 47.3 Å². The SMILES string of the molecule is CC(CC#N)N(C)c1ccc(Br)cc1CO. The highest BCUT2D eigenvalue weighted by Crippen LogP contribution is 2.25. The van der Waals surface area contributed by atoms with Crippen LogP contribution >= 0.6 is 15.9 Å². The Kier molecular flexibility index (Phi) is 4.78. The van der Waals surface area contributed by atoms with Gasteiger partial charge in [-0.1, -0.05) is 15.9 Å². The molecule has 1 aromatic carbocycles. The van der Waals surface area contributed by atoms with Gasteiger partial charge in [0.15, 0.2) is 0 Å². The third-order valence-corrected chi connectivity index (χ3v) is 3.13. The number of hydrogen-bond acceptors (Lipinski definition) is 3. The monoisotopic (exact) mass is 282 g/mol. The zero-order valence-corrected chi connectivity index (χ0v) is 11.0. The van der Waals surface area contributed by atoms with Gasteiger partial charge in [-0.25, -0.2) is 0 Å². The normalized spacial score (nSPS) is 11.9. The number of nitrogens with zero attached hydrogens (tertiary/aromatic N) is 2. The molecule has 0 spiro atoms. The van der Waals surface area contributed by atoms with E-state index < -0.39 is 0 Å². The molecule has 0 saturated heterocycles. The lowest BCUT2D eigenvalue weighted by Crippen LogP contribution is -2.29. The molecule has 0 aliphatic heterocycles. The van der Waals surface area contributed by atoms with E-state index in [9.17, 15) is 5.11 Å². The van der Waals surface area contributed by atoms with E-state index >= 15 is 0 Å². The molecule has 0 aromatic heterocycles. The van der Waals surface area contributed by atoms with Gasteiger partial charge in [0, 0.05) is 28.8 Å².